The Hall–Kier alpha value is -1.56. The summed E-state index contributed by atoms with van der Waals surface area (Å²) < 4.78 is 0. The Morgan fingerprint density at radius 2 is 1.76 bits per heavy atom. The fraction of sp³-hybridized carbons (Fsp3) is 0.636. The monoisotopic (exact) mass is 446 g/mol. The number of benzene rings is 1. The van der Waals surface area contributed by atoms with Gasteiger partial charge in [-0.2, -0.15) is 0 Å². The molecule has 182 valence electrons. The summed E-state index contributed by atoms with van der Waals surface area (Å²) in [6, 6.07) is 7.56. The van der Waals surface area contributed by atoms with Crippen molar-refractivity contribution in [1.29, 1.82) is 0 Å². The molecule has 0 nitrogen and oxygen atoms in total. The topological polar surface area (TPSA) is 0 Å². The van der Waals surface area contributed by atoms with Gasteiger partial charge < -0.3 is 0 Å². The molecule has 1 saturated carbocycles. The van der Waals surface area contributed by atoms with E-state index in [9.17, 15) is 0 Å². The SMILES string of the molecule is C=C(C)C[C@@H](C)c1ccc(C(CC(C)C)C2CCCCC2)c(CC2=CC(C(C)(C)C)=CC2)c1. The van der Waals surface area contributed by atoms with Crippen LogP contribution in [0.15, 0.2) is 53.6 Å². The van der Waals surface area contributed by atoms with Crippen LogP contribution in [0.2, 0.25) is 0 Å². The first-order valence-electron chi connectivity index (χ1n) is 13.7. The maximum Gasteiger partial charge on any atom is -0.00578 e. The Morgan fingerprint density at radius 1 is 1.06 bits per heavy atom. The number of hydrogen-bond donors (Lipinski definition) is 0. The lowest BCUT2D eigenvalue weighted by molar-refractivity contribution is 0.276. The average Bonchev–Trinajstić information content (AvgIpc) is 3.21. The zero-order chi connectivity index (χ0) is 24.2. The summed E-state index contributed by atoms with van der Waals surface area (Å²) in [5.41, 5.74) is 9.38. The number of rotatable bonds is 9. The van der Waals surface area contributed by atoms with E-state index in [0.29, 0.717) is 11.8 Å². The molecule has 1 aromatic carbocycles. The van der Waals surface area contributed by atoms with Gasteiger partial charge in [0.2, 0.25) is 0 Å². The van der Waals surface area contributed by atoms with Gasteiger partial charge in [0.1, 0.15) is 0 Å². The Balaban J connectivity index is 1.98. The third kappa shape index (κ3) is 7.21. The van der Waals surface area contributed by atoms with Gasteiger partial charge in [0.15, 0.2) is 0 Å². The third-order valence-electron chi connectivity index (χ3n) is 7.96. The predicted molar refractivity (Wildman–Crippen MR) is 147 cm³/mol. The van der Waals surface area contributed by atoms with Gasteiger partial charge in [-0.25, -0.2) is 0 Å². The van der Waals surface area contributed by atoms with Gasteiger partial charge in [0.05, 0.1) is 0 Å². The second kappa shape index (κ2) is 11.2. The van der Waals surface area contributed by atoms with Crippen LogP contribution in [-0.2, 0) is 6.42 Å². The van der Waals surface area contributed by atoms with Gasteiger partial charge in [-0.05, 0) is 96.8 Å². The van der Waals surface area contributed by atoms with E-state index in [4.69, 9.17) is 0 Å². The summed E-state index contributed by atoms with van der Waals surface area (Å²) >= 11 is 0. The number of allylic oxidation sites excluding steroid dienone is 5. The lowest BCUT2D eigenvalue weighted by Gasteiger charge is -2.34. The summed E-state index contributed by atoms with van der Waals surface area (Å²) in [6.07, 6.45) is 16.7. The van der Waals surface area contributed by atoms with Crippen LogP contribution in [0.3, 0.4) is 0 Å². The summed E-state index contributed by atoms with van der Waals surface area (Å²) in [7, 11) is 0. The van der Waals surface area contributed by atoms with E-state index in [1.54, 1.807) is 16.7 Å². The van der Waals surface area contributed by atoms with Crippen LogP contribution < -0.4 is 0 Å². The van der Waals surface area contributed by atoms with Crippen molar-refractivity contribution in [1.82, 2.24) is 0 Å². The molecule has 0 radical (unpaired) electrons. The Labute approximate surface area is 205 Å². The fourth-order valence-corrected chi connectivity index (χ4v) is 6.17. The van der Waals surface area contributed by atoms with Crippen LogP contribution in [0.5, 0.6) is 0 Å². The Morgan fingerprint density at radius 3 is 2.33 bits per heavy atom. The predicted octanol–water partition coefficient (Wildman–Crippen LogP) is 10.3. The van der Waals surface area contributed by atoms with Crippen LogP contribution in [0.4, 0.5) is 0 Å². The Bertz CT molecular complexity index is 864. The third-order valence-corrected chi connectivity index (χ3v) is 7.96. The summed E-state index contributed by atoms with van der Waals surface area (Å²) in [6.45, 7) is 20.6. The number of hydrogen-bond acceptors (Lipinski definition) is 0. The average molecular weight is 447 g/mol. The van der Waals surface area contributed by atoms with Gasteiger partial charge in [-0.1, -0.05) is 102 Å². The van der Waals surface area contributed by atoms with Crippen LogP contribution in [0.25, 0.3) is 0 Å². The van der Waals surface area contributed by atoms with Gasteiger partial charge in [0, 0.05) is 0 Å². The molecular weight excluding hydrogens is 396 g/mol. The van der Waals surface area contributed by atoms with E-state index < -0.39 is 0 Å². The van der Waals surface area contributed by atoms with Crippen molar-refractivity contribution in [3.8, 4) is 0 Å². The van der Waals surface area contributed by atoms with E-state index in [1.807, 2.05) is 0 Å². The minimum absolute atomic E-state index is 0.241. The largest absolute Gasteiger partial charge is 0.100 e. The van der Waals surface area contributed by atoms with E-state index in [-0.39, 0.29) is 5.41 Å². The lowest BCUT2D eigenvalue weighted by atomic mass is 9.71. The molecule has 2 aliphatic rings. The summed E-state index contributed by atoms with van der Waals surface area (Å²) in [4.78, 5) is 0. The lowest BCUT2D eigenvalue weighted by Crippen LogP contribution is -2.20. The minimum Gasteiger partial charge on any atom is -0.100 e. The van der Waals surface area contributed by atoms with Crippen molar-refractivity contribution in [3.63, 3.8) is 0 Å². The molecule has 0 heterocycles. The zero-order valence-corrected chi connectivity index (χ0v) is 22.8. The molecule has 0 amide bonds. The zero-order valence-electron chi connectivity index (χ0n) is 22.8. The Kier molecular flexibility index (Phi) is 8.88. The van der Waals surface area contributed by atoms with Gasteiger partial charge >= 0.3 is 0 Å². The van der Waals surface area contributed by atoms with Crippen LogP contribution in [0.1, 0.15) is 128 Å². The molecule has 0 aromatic heterocycles. The molecule has 0 bridgehead atoms. The van der Waals surface area contributed by atoms with Crippen molar-refractivity contribution in [3.05, 3.63) is 70.3 Å². The molecule has 1 fully saturated rings. The normalized spacial score (nSPS) is 19.4. The molecule has 0 N–H and O–H groups in total. The second-order valence-electron chi connectivity index (χ2n) is 12.7. The highest BCUT2D eigenvalue weighted by Gasteiger charge is 2.28. The maximum atomic E-state index is 4.18. The van der Waals surface area contributed by atoms with E-state index in [1.165, 1.54) is 55.2 Å². The molecule has 2 aliphatic carbocycles. The van der Waals surface area contributed by atoms with E-state index in [0.717, 1.165) is 31.1 Å². The molecular formula is C33H50. The van der Waals surface area contributed by atoms with Gasteiger partial charge in [-0.3, -0.25) is 0 Å². The fourth-order valence-electron chi connectivity index (χ4n) is 6.17. The van der Waals surface area contributed by atoms with E-state index >= 15 is 0 Å². The second-order valence-corrected chi connectivity index (χ2v) is 12.7. The first-order chi connectivity index (χ1) is 15.5. The molecule has 2 atom stereocenters. The van der Waals surface area contributed by atoms with Crippen molar-refractivity contribution in [2.24, 2.45) is 17.3 Å². The molecule has 3 rings (SSSR count). The highest BCUT2D eigenvalue weighted by Crippen LogP contribution is 2.43. The standard InChI is InChI=1S/C33H50/c1-23(2)18-25(5)28-15-17-31(32(19-24(3)4)27-12-10-9-11-13-27)29(22-28)20-26-14-16-30(21-26)33(6,7)8/h15-17,21-22,24-25,27,32H,1,9-14,18-20H2,2-8H3/t25-,32?/m1/s1. The molecule has 0 aliphatic heterocycles. The summed E-state index contributed by atoms with van der Waals surface area (Å²) in [5, 5.41) is 0. The van der Waals surface area contributed by atoms with Gasteiger partial charge in [-0.15, -0.1) is 6.58 Å². The molecule has 0 heteroatoms. The molecule has 0 saturated heterocycles. The van der Waals surface area contributed by atoms with Crippen molar-refractivity contribution in [2.45, 2.75) is 118 Å². The quantitative estimate of drug-likeness (QED) is 0.331. The molecule has 1 unspecified atom stereocenters. The highest BCUT2D eigenvalue weighted by atomic mass is 14.3. The highest BCUT2D eigenvalue weighted by molar-refractivity contribution is 5.43. The first kappa shape index (κ1) is 26.1. The van der Waals surface area contributed by atoms with Crippen molar-refractivity contribution in [2.75, 3.05) is 0 Å². The molecule has 33 heavy (non-hydrogen) atoms. The molecule has 0 spiro atoms. The summed E-state index contributed by atoms with van der Waals surface area (Å²) in [5.74, 6) is 2.85. The van der Waals surface area contributed by atoms with Crippen LogP contribution in [-0.4, -0.2) is 0 Å². The maximum absolute atomic E-state index is 4.18. The molecule has 1 aromatic rings. The van der Waals surface area contributed by atoms with Crippen molar-refractivity contribution < 1.29 is 0 Å². The first-order valence-corrected chi connectivity index (χ1v) is 13.7. The van der Waals surface area contributed by atoms with Crippen molar-refractivity contribution >= 4 is 0 Å². The van der Waals surface area contributed by atoms with Crippen LogP contribution in [0, 0.1) is 17.3 Å². The van der Waals surface area contributed by atoms with Crippen LogP contribution >= 0.6 is 0 Å². The van der Waals surface area contributed by atoms with E-state index in [2.05, 4.69) is 85.4 Å². The van der Waals surface area contributed by atoms with Gasteiger partial charge in [0.25, 0.3) is 0 Å². The smallest absolute Gasteiger partial charge is 0.00578 e. The minimum atomic E-state index is 0.241.